The van der Waals surface area contributed by atoms with Gasteiger partial charge in [0.15, 0.2) is 0 Å². The molecule has 0 radical (unpaired) electrons. The van der Waals surface area contributed by atoms with Gasteiger partial charge in [-0.3, -0.25) is 14.4 Å². The maximum Gasteiger partial charge on any atom is 0.251 e. The molecule has 3 amide bonds. The van der Waals surface area contributed by atoms with Crippen molar-refractivity contribution in [1.82, 2.24) is 10.2 Å². The van der Waals surface area contributed by atoms with E-state index in [1.807, 2.05) is 78.6 Å². The maximum atomic E-state index is 13.7. The highest BCUT2D eigenvalue weighted by molar-refractivity contribution is 5.99. The Morgan fingerprint density at radius 1 is 0.917 bits per heavy atom. The van der Waals surface area contributed by atoms with E-state index in [4.69, 9.17) is 0 Å². The Morgan fingerprint density at radius 3 is 2.31 bits per heavy atom. The normalized spacial score (nSPS) is 19.6. The molecule has 184 valence electrons. The molecular weight excluding hydrogens is 450 g/mol. The number of anilines is 1. The summed E-state index contributed by atoms with van der Waals surface area (Å²) in [6.45, 7) is 2.36. The molecule has 3 aromatic carbocycles. The van der Waals surface area contributed by atoms with Crippen LogP contribution in [0.4, 0.5) is 5.69 Å². The van der Waals surface area contributed by atoms with Crippen molar-refractivity contribution in [3.63, 3.8) is 0 Å². The van der Waals surface area contributed by atoms with Gasteiger partial charge in [0.05, 0.1) is 12.0 Å². The van der Waals surface area contributed by atoms with Crippen molar-refractivity contribution in [2.45, 2.75) is 51.2 Å². The second kappa shape index (κ2) is 10.4. The Labute approximate surface area is 211 Å². The highest BCUT2D eigenvalue weighted by atomic mass is 16.2. The zero-order chi connectivity index (χ0) is 25.1. The highest BCUT2D eigenvalue weighted by Gasteiger charge is 2.40. The average molecular weight is 482 g/mol. The van der Waals surface area contributed by atoms with E-state index in [0.29, 0.717) is 30.6 Å². The standard InChI is InChI=1S/C30H31N3O3/c1-20-12-13-23(29(35)31-24-14-15-24)18-26(20)32-30(36)25-16-17-27(34)33(19-21-8-4-2-5-9-21)28(25)22-10-6-3-7-11-22/h2-13,18,24-25,28H,14-17,19H2,1H3,(H,31,35)(H,32,36). The lowest BCUT2D eigenvalue weighted by molar-refractivity contribution is -0.142. The van der Waals surface area contributed by atoms with Gasteiger partial charge in [-0.05, 0) is 55.0 Å². The zero-order valence-corrected chi connectivity index (χ0v) is 20.4. The molecule has 6 nitrogen and oxygen atoms in total. The van der Waals surface area contributed by atoms with E-state index in [9.17, 15) is 14.4 Å². The molecule has 1 saturated heterocycles. The minimum atomic E-state index is -0.419. The van der Waals surface area contributed by atoms with Crippen LogP contribution in [0.1, 0.15) is 58.8 Å². The van der Waals surface area contributed by atoms with E-state index in [1.165, 1.54) is 0 Å². The molecule has 1 aliphatic heterocycles. The van der Waals surface area contributed by atoms with Gasteiger partial charge in [0.2, 0.25) is 11.8 Å². The number of aryl methyl sites for hydroxylation is 1. The predicted octanol–water partition coefficient (Wildman–Crippen LogP) is 5.01. The van der Waals surface area contributed by atoms with Crippen molar-refractivity contribution in [1.29, 1.82) is 0 Å². The second-order valence-electron chi connectivity index (χ2n) is 9.77. The Bertz CT molecular complexity index is 1250. The molecule has 2 atom stereocenters. The van der Waals surface area contributed by atoms with Gasteiger partial charge >= 0.3 is 0 Å². The van der Waals surface area contributed by atoms with Gasteiger partial charge in [0.1, 0.15) is 0 Å². The van der Waals surface area contributed by atoms with Crippen molar-refractivity contribution in [2.75, 3.05) is 5.32 Å². The van der Waals surface area contributed by atoms with E-state index in [1.54, 1.807) is 12.1 Å². The van der Waals surface area contributed by atoms with Crippen LogP contribution in [0.5, 0.6) is 0 Å². The summed E-state index contributed by atoms with van der Waals surface area (Å²) in [5.74, 6) is -0.631. The third-order valence-corrected chi connectivity index (χ3v) is 7.05. The van der Waals surface area contributed by atoms with Crippen molar-refractivity contribution in [3.05, 3.63) is 101 Å². The Morgan fingerprint density at radius 2 is 1.61 bits per heavy atom. The van der Waals surface area contributed by atoms with E-state index in [0.717, 1.165) is 29.5 Å². The summed E-state index contributed by atoms with van der Waals surface area (Å²) in [5.41, 5.74) is 4.01. The SMILES string of the molecule is Cc1ccc(C(=O)NC2CC2)cc1NC(=O)C1CCC(=O)N(Cc2ccccc2)C1c1ccccc1. The smallest absolute Gasteiger partial charge is 0.251 e. The van der Waals surface area contributed by atoms with Crippen LogP contribution in [-0.4, -0.2) is 28.7 Å². The molecule has 1 saturated carbocycles. The Kier molecular flexibility index (Phi) is 6.85. The summed E-state index contributed by atoms with van der Waals surface area (Å²) in [7, 11) is 0. The quantitative estimate of drug-likeness (QED) is 0.498. The number of nitrogens with zero attached hydrogens (tertiary/aromatic N) is 1. The third kappa shape index (κ3) is 5.33. The number of likely N-dealkylation sites (tertiary alicyclic amines) is 1. The summed E-state index contributed by atoms with van der Waals surface area (Å²) in [5, 5.41) is 6.09. The lowest BCUT2D eigenvalue weighted by atomic mass is 9.83. The molecule has 3 aromatic rings. The van der Waals surface area contributed by atoms with Gasteiger partial charge in [0.25, 0.3) is 5.91 Å². The monoisotopic (exact) mass is 481 g/mol. The van der Waals surface area contributed by atoms with Gasteiger partial charge in [0, 0.05) is 30.3 Å². The molecule has 1 aliphatic carbocycles. The number of amides is 3. The van der Waals surface area contributed by atoms with Gasteiger partial charge in [-0.1, -0.05) is 66.7 Å². The Hall–Kier alpha value is -3.93. The second-order valence-corrected chi connectivity index (χ2v) is 9.77. The number of piperidine rings is 1. The Balaban J connectivity index is 1.42. The molecule has 2 N–H and O–H groups in total. The fraction of sp³-hybridized carbons (Fsp3) is 0.300. The van der Waals surface area contributed by atoms with Gasteiger partial charge < -0.3 is 15.5 Å². The number of rotatable bonds is 7. The van der Waals surface area contributed by atoms with Crippen molar-refractivity contribution >= 4 is 23.4 Å². The van der Waals surface area contributed by atoms with E-state index < -0.39 is 5.92 Å². The maximum absolute atomic E-state index is 13.7. The number of benzene rings is 3. The molecule has 5 rings (SSSR count). The van der Waals surface area contributed by atoms with E-state index >= 15 is 0 Å². The summed E-state index contributed by atoms with van der Waals surface area (Å²) in [6.07, 6.45) is 2.82. The molecule has 6 heteroatoms. The lowest BCUT2D eigenvalue weighted by Gasteiger charge is -2.41. The van der Waals surface area contributed by atoms with Crippen LogP contribution in [0.25, 0.3) is 0 Å². The van der Waals surface area contributed by atoms with Crippen LogP contribution in [0, 0.1) is 12.8 Å². The number of carbonyl (C=O) groups is 3. The minimum Gasteiger partial charge on any atom is -0.349 e. The molecule has 0 aromatic heterocycles. The fourth-order valence-electron chi connectivity index (χ4n) is 4.88. The predicted molar refractivity (Wildman–Crippen MR) is 139 cm³/mol. The van der Waals surface area contributed by atoms with Crippen LogP contribution >= 0.6 is 0 Å². The molecule has 2 fully saturated rings. The first-order valence-electron chi connectivity index (χ1n) is 12.6. The third-order valence-electron chi connectivity index (χ3n) is 7.05. The van der Waals surface area contributed by atoms with Crippen LogP contribution in [0.15, 0.2) is 78.9 Å². The van der Waals surface area contributed by atoms with Crippen LogP contribution in [0.3, 0.4) is 0 Å². The first kappa shape index (κ1) is 23.8. The molecule has 2 unspecified atom stereocenters. The van der Waals surface area contributed by atoms with E-state index in [-0.39, 0.29) is 29.8 Å². The van der Waals surface area contributed by atoms with Crippen molar-refractivity contribution in [2.24, 2.45) is 5.92 Å². The molecule has 2 aliphatic rings. The lowest BCUT2D eigenvalue weighted by Crippen LogP contribution is -2.46. The molecule has 0 spiro atoms. The summed E-state index contributed by atoms with van der Waals surface area (Å²) < 4.78 is 0. The molecule has 36 heavy (non-hydrogen) atoms. The first-order chi connectivity index (χ1) is 17.5. The first-order valence-corrected chi connectivity index (χ1v) is 12.6. The van der Waals surface area contributed by atoms with Crippen LogP contribution < -0.4 is 10.6 Å². The average Bonchev–Trinajstić information content (AvgIpc) is 3.71. The number of hydrogen-bond acceptors (Lipinski definition) is 3. The molecule has 0 bridgehead atoms. The topological polar surface area (TPSA) is 78.5 Å². The van der Waals surface area contributed by atoms with Crippen molar-refractivity contribution < 1.29 is 14.4 Å². The summed E-state index contributed by atoms with van der Waals surface area (Å²) >= 11 is 0. The number of nitrogens with one attached hydrogen (secondary N) is 2. The minimum absolute atomic E-state index is 0.0479. The van der Waals surface area contributed by atoms with Crippen molar-refractivity contribution in [3.8, 4) is 0 Å². The number of carbonyl (C=O) groups excluding carboxylic acids is 3. The van der Waals surface area contributed by atoms with E-state index in [2.05, 4.69) is 10.6 Å². The summed E-state index contributed by atoms with van der Waals surface area (Å²) in [6, 6.07) is 24.9. The zero-order valence-electron chi connectivity index (χ0n) is 20.4. The van der Waals surface area contributed by atoms with Crippen LogP contribution in [-0.2, 0) is 16.1 Å². The highest BCUT2D eigenvalue weighted by Crippen LogP contribution is 2.38. The van der Waals surface area contributed by atoms with Gasteiger partial charge in [-0.2, -0.15) is 0 Å². The fourth-order valence-corrected chi connectivity index (χ4v) is 4.88. The molecular formula is C30H31N3O3. The van der Waals surface area contributed by atoms with Gasteiger partial charge in [-0.15, -0.1) is 0 Å². The molecule has 1 heterocycles. The number of hydrogen-bond donors (Lipinski definition) is 2. The summed E-state index contributed by atoms with van der Waals surface area (Å²) in [4.78, 5) is 41.3. The van der Waals surface area contributed by atoms with Crippen LogP contribution in [0.2, 0.25) is 0 Å². The largest absolute Gasteiger partial charge is 0.349 e. The van der Waals surface area contributed by atoms with Gasteiger partial charge in [-0.25, -0.2) is 0 Å².